The number of benzene rings is 1. The maximum atomic E-state index is 11.2. The normalized spacial score (nSPS) is 10.4. The highest BCUT2D eigenvalue weighted by molar-refractivity contribution is 9.10. The van der Waals surface area contributed by atoms with E-state index < -0.39 is 0 Å². The minimum atomic E-state index is -0.386. The number of ether oxygens (including phenoxy) is 1. The Morgan fingerprint density at radius 1 is 1.32 bits per heavy atom. The maximum absolute atomic E-state index is 11.2. The molecule has 0 aliphatic carbocycles. The van der Waals surface area contributed by atoms with Gasteiger partial charge in [-0.2, -0.15) is 0 Å². The Labute approximate surface area is 119 Å². The lowest BCUT2D eigenvalue weighted by Crippen LogP contribution is -2.12. The molecule has 0 amide bonds. The molecule has 4 nitrogen and oxygen atoms in total. The van der Waals surface area contributed by atoms with Crippen LogP contribution in [0.1, 0.15) is 21.7 Å². The fourth-order valence-corrected chi connectivity index (χ4v) is 1.89. The number of carbonyl (C=O) groups is 1. The number of methoxy groups -OCH3 is 1. The summed E-state index contributed by atoms with van der Waals surface area (Å²) in [5.74, 6) is 0.320. The van der Waals surface area contributed by atoms with Crippen molar-refractivity contribution in [3.63, 3.8) is 0 Å². The zero-order valence-electron chi connectivity index (χ0n) is 10.5. The van der Waals surface area contributed by atoms with E-state index in [9.17, 15) is 4.79 Å². The van der Waals surface area contributed by atoms with Crippen molar-refractivity contribution in [3.8, 4) is 0 Å². The third-order valence-electron chi connectivity index (χ3n) is 2.62. The lowest BCUT2D eigenvalue weighted by Gasteiger charge is -2.02. The lowest BCUT2D eigenvalue weighted by molar-refractivity contribution is 0.0600. The monoisotopic (exact) mass is 323 g/mol. The van der Waals surface area contributed by atoms with E-state index in [2.05, 4.69) is 26.0 Å². The molecule has 0 radical (unpaired) electrons. The number of rotatable bonds is 5. The molecule has 19 heavy (non-hydrogen) atoms. The Kier molecular flexibility index (Phi) is 4.76. The highest BCUT2D eigenvalue weighted by Crippen LogP contribution is 2.11. The molecule has 100 valence electrons. The second-order valence-corrected chi connectivity index (χ2v) is 4.94. The zero-order chi connectivity index (χ0) is 13.7. The number of furan rings is 1. The van der Waals surface area contributed by atoms with Crippen LogP contribution in [-0.4, -0.2) is 13.1 Å². The van der Waals surface area contributed by atoms with E-state index in [0.29, 0.717) is 17.9 Å². The van der Waals surface area contributed by atoms with Crippen LogP contribution >= 0.6 is 15.9 Å². The van der Waals surface area contributed by atoms with Gasteiger partial charge in [-0.3, -0.25) is 0 Å². The number of carbonyl (C=O) groups excluding carboxylic acids is 1. The molecule has 2 aromatic rings. The highest BCUT2D eigenvalue weighted by Gasteiger charge is 2.09. The first kappa shape index (κ1) is 13.8. The van der Waals surface area contributed by atoms with Crippen molar-refractivity contribution in [3.05, 3.63) is 58.0 Å². The molecular formula is C14H14BrNO3. The topological polar surface area (TPSA) is 51.5 Å². The Balaban J connectivity index is 1.84. The Morgan fingerprint density at radius 3 is 2.74 bits per heavy atom. The van der Waals surface area contributed by atoms with Crippen molar-refractivity contribution in [1.29, 1.82) is 0 Å². The van der Waals surface area contributed by atoms with Gasteiger partial charge in [0.25, 0.3) is 0 Å². The molecular weight excluding hydrogens is 310 g/mol. The standard InChI is InChI=1S/C14H14BrNO3/c1-18-14(17)11-6-13(19-9-11)8-16-7-10-2-4-12(15)5-3-10/h2-6,9,16H,7-8H2,1H3. The summed E-state index contributed by atoms with van der Waals surface area (Å²) < 4.78 is 10.9. The molecule has 0 aliphatic rings. The molecule has 1 heterocycles. The molecule has 0 bridgehead atoms. The summed E-state index contributed by atoms with van der Waals surface area (Å²) >= 11 is 3.39. The van der Waals surface area contributed by atoms with E-state index in [0.717, 1.165) is 11.0 Å². The third kappa shape index (κ3) is 3.94. The molecule has 1 N–H and O–H groups in total. The minimum absolute atomic E-state index is 0.386. The molecule has 0 unspecified atom stereocenters. The average Bonchev–Trinajstić information content (AvgIpc) is 2.89. The van der Waals surface area contributed by atoms with Crippen LogP contribution in [0.3, 0.4) is 0 Å². The van der Waals surface area contributed by atoms with E-state index in [-0.39, 0.29) is 5.97 Å². The first-order valence-corrected chi connectivity index (χ1v) is 6.59. The van der Waals surface area contributed by atoms with Gasteiger partial charge in [0.1, 0.15) is 12.0 Å². The van der Waals surface area contributed by atoms with Crippen LogP contribution in [0.5, 0.6) is 0 Å². The van der Waals surface area contributed by atoms with Gasteiger partial charge in [0.15, 0.2) is 0 Å². The van der Waals surface area contributed by atoms with Crippen LogP contribution in [0.15, 0.2) is 45.5 Å². The first-order chi connectivity index (χ1) is 9.19. The van der Waals surface area contributed by atoms with Crippen molar-refractivity contribution in [2.45, 2.75) is 13.1 Å². The molecule has 5 heteroatoms. The second kappa shape index (κ2) is 6.54. The van der Waals surface area contributed by atoms with Gasteiger partial charge < -0.3 is 14.5 Å². The van der Waals surface area contributed by atoms with Crippen LogP contribution in [0.2, 0.25) is 0 Å². The van der Waals surface area contributed by atoms with E-state index in [1.807, 2.05) is 24.3 Å². The number of halogens is 1. The Bertz CT molecular complexity index is 548. The Morgan fingerprint density at radius 2 is 2.05 bits per heavy atom. The van der Waals surface area contributed by atoms with E-state index >= 15 is 0 Å². The molecule has 0 saturated heterocycles. The second-order valence-electron chi connectivity index (χ2n) is 4.02. The fraction of sp³-hybridized carbons (Fsp3) is 0.214. The van der Waals surface area contributed by atoms with Crippen molar-refractivity contribution >= 4 is 21.9 Å². The van der Waals surface area contributed by atoms with Crippen molar-refractivity contribution < 1.29 is 13.9 Å². The summed E-state index contributed by atoms with van der Waals surface area (Å²) in [4.78, 5) is 11.2. The van der Waals surface area contributed by atoms with Crippen molar-refractivity contribution in [1.82, 2.24) is 5.32 Å². The Hall–Kier alpha value is -1.59. The molecule has 0 aliphatic heterocycles. The van der Waals surface area contributed by atoms with E-state index in [1.165, 1.54) is 18.9 Å². The van der Waals surface area contributed by atoms with Gasteiger partial charge in [0.2, 0.25) is 0 Å². The molecule has 2 rings (SSSR count). The third-order valence-corrected chi connectivity index (χ3v) is 3.15. The van der Waals surface area contributed by atoms with Crippen LogP contribution in [-0.2, 0) is 17.8 Å². The average molecular weight is 324 g/mol. The SMILES string of the molecule is COC(=O)c1coc(CNCc2ccc(Br)cc2)c1. The summed E-state index contributed by atoms with van der Waals surface area (Å²) in [6.07, 6.45) is 1.41. The zero-order valence-corrected chi connectivity index (χ0v) is 12.1. The van der Waals surface area contributed by atoms with Crippen molar-refractivity contribution in [2.24, 2.45) is 0 Å². The van der Waals surface area contributed by atoms with Crippen molar-refractivity contribution in [2.75, 3.05) is 7.11 Å². The molecule has 1 aromatic carbocycles. The summed E-state index contributed by atoms with van der Waals surface area (Å²) in [6, 6.07) is 9.76. The highest BCUT2D eigenvalue weighted by atomic mass is 79.9. The fourth-order valence-electron chi connectivity index (χ4n) is 1.63. The van der Waals surface area contributed by atoms with Crippen LogP contribution in [0.4, 0.5) is 0 Å². The van der Waals surface area contributed by atoms with Gasteiger partial charge in [0.05, 0.1) is 19.2 Å². The van der Waals surface area contributed by atoms with Crippen LogP contribution in [0.25, 0.3) is 0 Å². The minimum Gasteiger partial charge on any atom is -0.467 e. The van der Waals surface area contributed by atoms with Gasteiger partial charge in [-0.1, -0.05) is 28.1 Å². The molecule has 0 fully saturated rings. The summed E-state index contributed by atoms with van der Waals surface area (Å²) in [5, 5.41) is 3.25. The lowest BCUT2D eigenvalue weighted by atomic mass is 10.2. The van der Waals surface area contributed by atoms with Gasteiger partial charge in [-0.15, -0.1) is 0 Å². The number of hydrogen-bond acceptors (Lipinski definition) is 4. The largest absolute Gasteiger partial charge is 0.467 e. The maximum Gasteiger partial charge on any atom is 0.341 e. The summed E-state index contributed by atoms with van der Waals surface area (Å²) in [7, 11) is 1.35. The van der Waals surface area contributed by atoms with Gasteiger partial charge in [0, 0.05) is 11.0 Å². The number of hydrogen-bond donors (Lipinski definition) is 1. The first-order valence-electron chi connectivity index (χ1n) is 5.80. The predicted octanol–water partition coefficient (Wildman–Crippen LogP) is 3.12. The quantitative estimate of drug-likeness (QED) is 0.859. The smallest absolute Gasteiger partial charge is 0.341 e. The van der Waals surface area contributed by atoms with Crippen LogP contribution < -0.4 is 5.32 Å². The molecule has 0 saturated carbocycles. The molecule has 1 aromatic heterocycles. The predicted molar refractivity (Wildman–Crippen MR) is 74.7 cm³/mol. The summed E-state index contributed by atoms with van der Waals surface area (Å²) in [5.41, 5.74) is 1.62. The summed E-state index contributed by atoms with van der Waals surface area (Å²) in [6.45, 7) is 1.30. The van der Waals surface area contributed by atoms with Gasteiger partial charge in [-0.25, -0.2) is 4.79 Å². The molecule has 0 atom stereocenters. The number of esters is 1. The van der Waals surface area contributed by atoms with Gasteiger partial charge in [-0.05, 0) is 23.8 Å². The van der Waals surface area contributed by atoms with Gasteiger partial charge >= 0.3 is 5.97 Å². The van der Waals surface area contributed by atoms with E-state index in [4.69, 9.17) is 4.42 Å². The van der Waals surface area contributed by atoms with E-state index in [1.54, 1.807) is 6.07 Å². The molecule has 0 spiro atoms. The van der Waals surface area contributed by atoms with Crippen LogP contribution in [0, 0.1) is 0 Å². The number of nitrogens with one attached hydrogen (secondary N) is 1.